The number of carboxylic acid groups (broad SMARTS) is 1. The van der Waals surface area contributed by atoms with Gasteiger partial charge in [-0.25, -0.2) is 4.98 Å². The third-order valence-electron chi connectivity index (χ3n) is 3.75. The zero-order valence-electron chi connectivity index (χ0n) is 10.8. The Labute approximate surface area is 111 Å². The summed E-state index contributed by atoms with van der Waals surface area (Å²) in [6.45, 7) is 2.79. The molecule has 0 spiro atoms. The molecule has 1 aliphatic rings. The number of rotatable bonds is 2. The number of hydrogen-bond donors (Lipinski definition) is 1. The number of aliphatic carboxylic acids is 1. The van der Waals surface area contributed by atoms with Crippen LogP contribution in [-0.2, 0) is 17.8 Å². The van der Waals surface area contributed by atoms with Gasteiger partial charge >= 0.3 is 5.97 Å². The molecule has 0 saturated carbocycles. The van der Waals surface area contributed by atoms with E-state index in [1.165, 1.54) is 5.56 Å². The fraction of sp³-hybridized carbons (Fsp3) is 0.333. The maximum Gasteiger partial charge on any atom is 0.306 e. The van der Waals surface area contributed by atoms with Crippen molar-refractivity contribution in [3.05, 3.63) is 41.9 Å². The van der Waals surface area contributed by atoms with Gasteiger partial charge in [-0.2, -0.15) is 0 Å². The van der Waals surface area contributed by atoms with Gasteiger partial charge in [0.25, 0.3) is 0 Å². The molecule has 1 unspecified atom stereocenters. The number of fused-ring (bicyclic) bond motifs is 1. The van der Waals surface area contributed by atoms with Gasteiger partial charge in [-0.05, 0) is 19.4 Å². The number of imidazole rings is 1. The van der Waals surface area contributed by atoms with Crippen LogP contribution < -0.4 is 0 Å². The molecule has 0 amide bonds. The minimum atomic E-state index is -0.706. The lowest BCUT2D eigenvalue weighted by atomic mass is 9.93. The molecule has 1 aromatic carbocycles. The number of aromatic nitrogens is 2. The summed E-state index contributed by atoms with van der Waals surface area (Å²) in [6, 6.07) is 8.17. The lowest BCUT2D eigenvalue weighted by molar-refractivity contribution is -0.142. The second-order valence-corrected chi connectivity index (χ2v) is 5.13. The molecule has 3 rings (SSSR count). The van der Waals surface area contributed by atoms with Crippen molar-refractivity contribution in [2.45, 2.75) is 26.3 Å². The van der Waals surface area contributed by atoms with Gasteiger partial charge in [0.2, 0.25) is 0 Å². The third kappa shape index (κ3) is 2.14. The maximum atomic E-state index is 11.2. The highest BCUT2D eigenvalue weighted by molar-refractivity contribution is 5.72. The molecular formula is C15H16N2O2. The first-order chi connectivity index (χ1) is 9.15. The van der Waals surface area contributed by atoms with Crippen molar-refractivity contribution in [2.75, 3.05) is 0 Å². The third-order valence-corrected chi connectivity index (χ3v) is 3.75. The smallest absolute Gasteiger partial charge is 0.306 e. The molecule has 1 N–H and O–H groups in total. The van der Waals surface area contributed by atoms with Crippen molar-refractivity contribution < 1.29 is 9.90 Å². The molecule has 1 atom stereocenters. The lowest BCUT2D eigenvalue weighted by Gasteiger charge is -2.21. The van der Waals surface area contributed by atoms with Crippen molar-refractivity contribution in [3.63, 3.8) is 0 Å². The van der Waals surface area contributed by atoms with Crippen LogP contribution in [0.3, 0.4) is 0 Å². The molecule has 98 valence electrons. The Hall–Kier alpha value is -2.10. The van der Waals surface area contributed by atoms with Crippen LogP contribution in [0.5, 0.6) is 0 Å². The molecule has 0 bridgehead atoms. The number of carbonyl (C=O) groups is 1. The quantitative estimate of drug-likeness (QED) is 0.898. The van der Waals surface area contributed by atoms with E-state index in [1.807, 2.05) is 31.5 Å². The van der Waals surface area contributed by atoms with Crippen LogP contribution in [0.25, 0.3) is 11.3 Å². The summed E-state index contributed by atoms with van der Waals surface area (Å²) in [4.78, 5) is 15.6. The first kappa shape index (κ1) is 12.0. The predicted molar refractivity (Wildman–Crippen MR) is 71.8 cm³/mol. The largest absolute Gasteiger partial charge is 0.481 e. The first-order valence-corrected chi connectivity index (χ1v) is 6.49. The Morgan fingerprint density at radius 3 is 3.05 bits per heavy atom. The average Bonchev–Trinajstić information content (AvgIpc) is 2.81. The minimum absolute atomic E-state index is 0.284. The predicted octanol–water partition coefficient (Wildman–Crippen LogP) is 2.51. The second-order valence-electron chi connectivity index (χ2n) is 5.13. The highest BCUT2D eigenvalue weighted by atomic mass is 16.4. The fourth-order valence-corrected chi connectivity index (χ4v) is 2.69. The summed E-state index contributed by atoms with van der Waals surface area (Å²) in [5, 5.41) is 9.18. The monoisotopic (exact) mass is 256 g/mol. The summed E-state index contributed by atoms with van der Waals surface area (Å²) in [5.41, 5.74) is 4.23. The van der Waals surface area contributed by atoms with Crippen LogP contribution >= 0.6 is 0 Å². The van der Waals surface area contributed by atoms with Gasteiger partial charge in [-0.1, -0.05) is 23.8 Å². The van der Waals surface area contributed by atoms with E-state index in [0.29, 0.717) is 12.8 Å². The van der Waals surface area contributed by atoms with Gasteiger partial charge in [0.15, 0.2) is 0 Å². The van der Waals surface area contributed by atoms with Gasteiger partial charge in [0.05, 0.1) is 17.9 Å². The van der Waals surface area contributed by atoms with Crippen molar-refractivity contribution in [1.29, 1.82) is 0 Å². The van der Waals surface area contributed by atoms with Gasteiger partial charge < -0.3 is 9.67 Å². The van der Waals surface area contributed by atoms with Crippen molar-refractivity contribution in [2.24, 2.45) is 5.92 Å². The van der Waals surface area contributed by atoms with E-state index in [0.717, 1.165) is 23.5 Å². The van der Waals surface area contributed by atoms with Crippen LogP contribution in [0, 0.1) is 12.8 Å². The Morgan fingerprint density at radius 1 is 1.47 bits per heavy atom. The molecule has 2 heterocycles. The molecule has 4 nitrogen and oxygen atoms in total. The number of aryl methyl sites for hydroxylation is 2. The number of benzene rings is 1. The van der Waals surface area contributed by atoms with Gasteiger partial charge in [0.1, 0.15) is 0 Å². The summed E-state index contributed by atoms with van der Waals surface area (Å²) in [5.74, 6) is -0.990. The maximum absolute atomic E-state index is 11.2. The summed E-state index contributed by atoms with van der Waals surface area (Å²) >= 11 is 0. The van der Waals surface area contributed by atoms with Crippen molar-refractivity contribution >= 4 is 5.97 Å². The molecule has 4 heteroatoms. The Morgan fingerprint density at radius 2 is 2.32 bits per heavy atom. The van der Waals surface area contributed by atoms with Crippen LogP contribution in [0.4, 0.5) is 0 Å². The lowest BCUT2D eigenvalue weighted by Crippen LogP contribution is -2.25. The molecule has 0 saturated heterocycles. The van der Waals surface area contributed by atoms with E-state index < -0.39 is 5.97 Å². The van der Waals surface area contributed by atoms with Crippen molar-refractivity contribution in [1.82, 2.24) is 9.55 Å². The minimum Gasteiger partial charge on any atom is -0.481 e. The average molecular weight is 256 g/mol. The molecule has 2 aromatic rings. The zero-order chi connectivity index (χ0) is 13.4. The summed E-state index contributed by atoms with van der Waals surface area (Å²) in [7, 11) is 0. The van der Waals surface area contributed by atoms with Crippen molar-refractivity contribution in [3.8, 4) is 11.3 Å². The Balaban J connectivity index is 2.01. The zero-order valence-corrected chi connectivity index (χ0v) is 10.8. The molecule has 1 aromatic heterocycles. The molecular weight excluding hydrogens is 240 g/mol. The summed E-state index contributed by atoms with van der Waals surface area (Å²) < 4.78 is 2.08. The molecule has 0 radical (unpaired) electrons. The van der Waals surface area contributed by atoms with Gasteiger partial charge in [-0.15, -0.1) is 0 Å². The number of hydrogen-bond acceptors (Lipinski definition) is 2. The van der Waals surface area contributed by atoms with Crippen LogP contribution in [-0.4, -0.2) is 20.6 Å². The van der Waals surface area contributed by atoms with Crippen LogP contribution in [0.15, 0.2) is 30.6 Å². The normalized spacial score (nSPS) is 18.1. The number of carboxylic acids is 1. The highest BCUT2D eigenvalue weighted by Gasteiger charge is 2.27. The van der Waals surface area contributed by atoms with E-state index >= 15 is 0 Å². The molecule has 19 heavy (non-hydrogen) atoms. The van der Waals surface area contributed by atoms with E-state index in [2.05, 4.69) is 15.6 Å². The second kappa shape index (κ2) is 4.53. The Kier molecular flexibility index (Phi) is 2.85. The van der Waals surface area contributed by atoms with Gasteiger partial charge in [0, 0.05) is 24.2 Å². The van der Waals surface area contributed by atoms with E-state index in [1.54, 1.807) is 0 Å². The highest BCUT2D eigenvalue weighted by Crippen LogP contribution is 2.29. The number of nitrogens with zero attached hydrogens (tertiary/aromatic N) is 2. The van der Waals surface area contributed by atoms with E-state index in [4.69, 9.17) is 0 Å². The van der Waals surface area contributed by atoms with E-state index in [9.17, 15) is 9.90 Å². The molecule has 0 aliphatic carbocycles. The van der Waals surface area contributed by atoms with Crippen LogP contribution in [0.1, 0.15) is 17.7 Å². The van der Waals surface area contributed by atoms with Gasteiger partial charge in [-0.3, -0.25) is 4.79 Å². The van der Waals surface area contributed by atoms with E-state index in [-0.39, 0.29) is 5.92 Å². The molecule has 1 aliphatic heterocycles. The summed E-state index contributed by atoms with van der Waals surface area (Å²) in [6.07, 6.45) is 3.08. The fourth-order valence-electron chi connectivity index (χ4n) is 2.69. The Bertz CT molecular complexity index is 631. The standard InChI is InChI=1S/C15H16N2O2/c1-10-3-2-4-11(7-10)14-13-8-12(15(18)19)5-6-17(13)9-16-14/h2-4,7,9,12H,5-6,8H2,1H3,(H,18,19). The SMILES string of the molecule is Cc1cccc(-c2ncn3c2CC(C(=O)O)CC3)c1. The topological polar surface area (TPSA) is 55.1 Å². The van der Waals surface area contributed by atoms with Crippen LogP contribution in [0.2, 0.25) is 0 Å². The molecule has 0 fully saturated rings. The first-order valence-electron chi connectivity index (χ1n) is 6.49.